The summed E-state index contributed by atoms with van der Waals surface area (Å²) in [4.78, 5) is 10.9. The number of hydrogen-bond donors (Lipinski definition) is 0. The fraction of sp³-hybridized carbons (Fsp3) is 0.545. The molecular weight excluding hydrogens is 196 g/mol. The summed E-state index contributed by atoms with van der Waals surface area (Å²) in [6.45, 7) is 7.28. The summed E-state index contributed by atoms with van der Waals surface area (Å²) in [5, 5.41) is 0. The van der Waals surface area contributed by atoms with Gasteiger partial charge in [-0.15, -0.1) is 6.58 Å². The summed E-state index contributed by atoms with van der Waals surface area (Å²) < 4.78 is 15.6. The van der Waals surface area contributed by atoms with E-state index in [2.05, 4.69) is 11.3 Å². The number of hydrogen-bond acceptors (Lipinski definition) is 4. The molecule has 1 aliphatic rings. The standard InChI is InChI=1S/C11H16O4/c1-5-8-9(6-7-10(12)13-4)15-11(2,3)14-8/h5-9H,1H2,2-4H3/b7-6+/t8-,9-/m1/s1. The topological polar surface area (TPSA) is 44.8 Å². The Kier molecular flexibility index (Phi) is 3.66. The van der Waals surface area contributed by atoms with Crippen LogP contribution >= 0.6 is 0 Å². The molecule has 0 N–H and O–H groups in total. The zero-order valence-corrected chi connectivity index (χ0v) is 9.23. The summed E-state index contributed by atoms with van der Waals surface area (Å²) in [5.74, 6) is -1.06. The normalized spacial score (nSPS) is 29.3. The molecule has 15 heavy (non-hydrogen) atoms. The Labute approximate surface area is 89.5 Å². The summed E-state index contributed by atoms with van der Waals surface area (Å²) in [5.41, 5.74) is 0. The van der Waals surface area contributed by atoms with Gasteiger partial charge in [0.05, 0.1) is 7.11 Å². The Bertz CT molecular complexity index is 280. The van der Waals surface area contributed by atoms with Crippen LogP contribution in [0.4, 0.5) is 0 Å². The minimum absolute atomic E-state index is 0.235. The first-order valence-electron chi connectivity index (χ1n) is 4.73. The van der Waals surface area contributed by atoms with Gasteiger partial charge in [-0.1, -0.05) is 6.08 Å². The quantitative estimate of drug-likeness (QED) is 0.403. The summed E-state index contributed by atoms with van der Waals surface area (Å²) >= 11 is 0. The lowest BCUT2D eigenvalue weighted by Crippen LogP contribution is -2.20. The largest absolute Gasteiger partial charge is 0.466 e. The van der Waals surface area contributed by atoms with Crippen LogP contribution in [0.5, 0.6) is 0 Å². The summed E-state index contributed by atoms with van der Waals surface area (Å²) in [6, 6.07) is 0. The first-order valence-corrected chi connectivity index (χ1v) is 4.73. The zero-order chi connectivity index (χ0) is 11.5. The maximum absolute atomic E-state index is 10.9. The Morgan fingerprint density at radius 1 is 1.40 bits per heavy atom. The van der Waals surface area contributed by atoms with Gasteiger partial charge in [0.1, 0.15) is 12.2 Å². The average Bonchev–Trinajstić information content (AvgIpc) is 2.49. The molecule has 0 spiro atoms. The van der Waals surface area contributed by atoms with E-state index in [-0.39, 0.29) is 12.2 Å². The highest BCUT2D eigenvalue weighted by atomic mass is 16.7. The average molecular weight is 212 g/mol. The van der Waals surface area contributed by atoms with Crippen LogP contribution in [0, 0.1) is 0 Å². The maximum Gasteiger partial charge on any atom is 0.330 e. The van der Waals surface area contributed by atoms with Crippen LogP contribution in [-0.2, 0) is 19.0 Å². The van der Waals surface area contributed by atoms with Gasteiger partial charge in [0.2, 0.25) is 0 Å². The van der Waals surface area contributed by atoms with E-state index in [0.717, 1.165) is 0 Å². The molecule has 0 aliphatic carbocycles. The molecule has 0 aromatic heterocycles. The third-order valence-corrected chi connectivity index (χ3v) is 2.02. The summed E-state index contributed by atoms with van der Waals surface area (Å²) in [6.07, 6.45) is 4.07. The lowest BCUT2D eigenvalue weighted by molar-refractivity contribution is -0.139. The van der Waals surface area contributed by atoms with Gasteiger partial charge >= 0.3 is 5.97 Å². The van der Waals surface area contributed by atoms with Crippen molar-refractivity contribution in [2.24, 2.45) is 0 Å². The van der Waals surface area contributed by atoms with Crippen LogP contribution in [0.1, 0.15) is 13.8 Å². The number of ether oxygens (including phenoxy) is 3. The number of carbonyl (C=O) groups is 1. The van der Waals surface area contributed by atoms with Crippen molar-refractivity contribution in [3.05, 3.63) is 24.8 Å². The van der Waals surface area contributed by atoms with Crippen LogP contribution < -0.4 is 0 Å². The van der Waals surface area contributed by atoms with E-state index in [9.17, 15) is 4.79 Å². The minimum atomic E-state index is -0.649. The second-order valence-corrected chi connectivity index (χ2v) is 3.68. The first-order chi connectivity index (χ1) is 6.98. The first kappa shape index (κ1) is 11.9. The van der Waals surface area contributed by atoms with Gasteiger partial charge in [-0.2, -0.15) is 0 Å². The van der Waals surface area contributed by atoms with Gasteiger partial charge < -0.3 is 14.2 Å². The molecule has 1 aliphatic heterocycles. The van der Waals surface area contributed by atoms with Gasteiger partial charge in [-0.05, 0) is 19.9 Å². The predicted octanol–water partition coefficient (Wildman–Crippen LogP) is 1.42. The summed E-state index contributed by atoms with van der Waals surface area (Å²) in [7, 11) is 1.33. The molecule has 1 rings (SSSR count). The molecule has 1 fully saturated rings. The van der Waals surface area contributed by atoms with E-state index in [1.165, 1.54) is 13.2 Å². The molecule has 0 saturated carbocycles. The van der Waals surface area contributed by atoms with Crippen molar-refractivity contribution in [1.29, 1.82) is 0 Å². The Hall–Kier alpha value is -1.13. The van der Waals surface area contributed by atoms with Crippen LogP contribution in [0.25, 0.3) is 0 Å². The zero-order valence-electron chi connectivity index (χ0n) is 9.23. The Balaban J connectivity index is 2.65. The fourth-order valence-corrected chi connectivity index (χ4v) is 1.39. The third-order valence-electron chi connectivity index (χ3n) is 2.02. The van der Waals surface area contributed by atoms with Crippen molar-refractivity contribution in [3.8, 4) is 0 Å². The molecule has 4 heteroatoms. The van der Waals surface area contributed by atoms with Crippen molar-refractivity contribution in [2.75, 3.05) is 7.11 Å². The van der Waals surface area contributed by atoms with Crippen molar-refractivity contribution >= 4 is 5.97 Å². The van der Waals surface area contributed by atoms with Crippen molar-refractivity contribution in [2.45, 2.75) is 31.8 Å². The molecule has 0 bridgehead atoms. The third kappa shape index (κ3) is 3.18. The number of methoxy groups -OCH3 is 1. The van der Waals surface area contributed by atoms with Gasteiger partial charge in [0.25, 0.3) is 0 Å². The van der Waals surface area contributed by atoms with E-state index in [4.69, 9.17) is 9.47 Å². The number of esters is 1. The van der Waals surface area contributed by atoms with E-state index in [1.54, 1.807) is 12.2 Å². The van der Waals surface area contributed by atoms with Gasteiger partial charge in [-0.25, -0.2) is 4.79 Å². The Morgan fingerprint density at radius 3 is 2.53 bits per heavy atom. The van der Waals surface area contributed by atoms with E-state index < -0.39 is 11.8 Å². The maximum atomic E-state index is 10.9. The van der Waals surface area contributed by atoms with Crippen molar-refractivity contribution in [3.63, 3.8) is 0 Å². The van der Waals surface area contributed by atoms with Gasteiger partial charge in [0.15, 0.2) is 5.79 Å². The van der Waals surface area contributed by atoms with E-state index in [0.29, 0.717) is 0 Å². The molecule has 0 aromatic rings. The van der Waals surface area contributed by atoms with Crippen LogP contribution in [-0.4, -0.2) is 31.1 Å². The van der Waals surface area contributed by atoms with Crippen LogP contribution in [0.2, 0.25) is 0 Å². The predicted molar refractivity (Wildman–Crippen MR) is 55.2 cm³/mol. The smallest absolute Gasteiger partial charge is 0.330 e. The highest BCUT2D eigenvalue weighted by Crippen LogP contribution is 2.29. The second kappa shape index (κ2) is 4.59. The van der Waals surface area contributed by atoms with Crippen LogP contribution in [0.3, 0.4) is 0 Å². The lowest BCUT2D eigenvalue weighted by Gasteiger charge is -2.15. The number of carbonyl (C=O) groups excluding carboxylic acids is 1. The highest BCUT2D eigenvalue weighted by molar-refractivity contribution is 5.81. The Morgan fingerprint density at radius 2 is 2.00 bits per heavy atom. The van der Waals surface area contributed by atoms with Gasteiger partial charge in [-0.3, -0.25) is 0 Å². The van der Waals surface area contributed by atoms with E-state index in [1.807, 2.05) is 13.8 Å². The molecule has 0 aromatic carbocycles. The van der Waals surface area contributed by atoms with Crippen LogP contribution in [0.15, 0.2) is 24.8 Å². The molecule has 2 atom stereocenters. The van der Waals surface area contributed by atoms with Crippen molar-refractivity contribution in [1.82, 2.24) is 0 Å². The molecule has 0 unspecified atom stereocenters. The SMILES string of the molecule is C=C[C@H]1OC(C)(C)O[C@@H]1/C=C/C(=O)OC. The molecule has 0 amide bonds. The molecule has 84 valence electrons. The number of rotatable bonds is 3. The lowest BCUT2D eigenvalue weighted by atomic mass is 10.2. The minimum Gasteiger partial charge on any atom is -0.466 e. The molecule has 0 radical (unpaired) electrons. The molecule has 4 nitrogen and oxygen atoms in total. The highest BCUT2D eigenvalue weighted by Gasteiger charge is 2.38. The van der Waals surface area contributed by atoms with Gasteiger partial charge in [0, 0.05) is 6.08 Å². The fourth-order valence-electron chi connectivity index (χ4n) is 1.39. The second-order valence-electron chi connectivity index (χ2n) is 3.68. The monoisotopic (exact) mass is 212 g/mol. The van der Waals surface area contributed by atoms with Crippen molar-refractivity contribution < 1.29 is 19.0 Å². The van der Waals surface area contributed by atoms with E-state index >= 15 is 0 Å². The molecule has 1 saturated heterocycles. The molecule has 1 heterocycles. The molecular formula is C11H16O4.